The van der Waals surface area contributed by atoms with E-state index >= 15 is 0 Å². The number of ether oxygens (including phenoxy) is 2. The van der Waals surface area contributed by atoms with Crippen LogP contribution in [0.2, 0.25) is 0 Å². The second-order valence-corrected chi connectivity index (χ2v) is 11.4. The molecule has 1 saturated heterocycles. The van der Waals surface area contributed by atoms with E-state index in [4.69, 9.17) is 18.5 Å². The van der Waals surface area contributed by atoms with Gasteiger partial charge in [-0.25, -0.2) is 9.36 Å². The van der Waals surface area contributed by atoms with Gasteiger partial charge >= 0.3 is 19.4 Å². The molecular formula is C24H29N4O9P. The first-order valence-electron chi connectivity index (χ1n) is 11.9. The molecule has 1 saturated carbocycles. The molecule has 2 heterocycles. The van der Waals surface area contributed by atoms with Crippen LogP contribution in [0.25, 0.3) is 0 Å². The lowest BCUT2D eigenvalue weighted by Gasteiger charge is -2.26. The molecule has 2 fully saturated rings. The van der Waals surface area contributed by atoms with Gasteiger partial charge in [0.25, 0.3) is 5.56 Å². The molecule has 14 heteroatoms. The molecule has 1 aromatic heterocycles. The zero-order chi connectivity index (χ0) is 27.9. The van der Waals surface area contributed by atoms with Crippen molar-refractivity contribution < 1.29 is 33.0 Å². The van der Waals surface area contributed by atoms with E-state index in [2.05, 4.69) is 10.1 Å². The minimum Gasteiger partial charge on any atom is -0.462 e. The van der Waals surface area contributed by atoms with Crippen LogP contribution in [0, 0.1) is 16.7 Å². The van der Waals surface area contributed by atoms with Gasteiger partial charge in [-0.2, -0.15) is 10.3 Å². The van der Waals surface area contributed by atoms with Gasteiger partial charge in [-0.3, -0.25) is 23.7 Å². The topological polar surface area (TPSA) is 182 Å². The molecule has 0 radical (unpaired) electrons. The smallest absolute Gasteiger partial charge is 0.459 e. The molecule has 1 aromatic carbocycles. The number of aromatic amines is 1. The number of carbonyl (C=O) groups is 1. The number of hydrogen-bond acceptors (Lipinski definition) is 10. The lowest BCUT2D eigenvalue weighted by atomic mass is 9.83. The van der Waals surface area contributed by atoms with Gasteiger partial charge in [0.1, 0.15) is 35.0 Å². The van der Waals surface area contributed by atoms with Crippen molar-refractivity contribution in [2.75, 3.05) is 0 Å². The molecule has 1 aliphatic heterocycles. The van der Waals surface area contributed by atoms with Gasteiger partial charge in [-0.05, 0) is 39.8 Å². The lowest BCUT2D eigenvalue weighted by Crippen LogP contribution is -2.41. The second-order valence-electron chi connectivity index (χ2n) is 9.78. The van der Waals surface area contributed by atoms with Crippen LogP contribution in [-0.2, 0) is 23.4 Å². The highest BCUT2D eigenvalue weighted by Gasteiger charge is 2.75. The van der Waals surface area contributed by atoms with Crippen LogP contribution in [0.4, 0.5) is 0 Å². The number of esters is 1. The summed E-state index contributed by atoms with van der Waals surface area (Å²) < 4.78 is 37.6. The Balaban J connectivity index is 1.61. The number of rotatable bonds is 9. The maximum atomic E-state index is 13.9. The van der Waals surface area contributed by atoms with Gasteiger partial charge in [-0.1, -0.05) is 18.2 Å². The summed E-state index contributed by atoms with van der Waals surface area (Å²) in [6.45, 7) is 6.19. The van der Waals surface area contributed by atoms with Crippen molar-refractivity contribution in [3.63, 3.8) is 0 Å². The molecule has 7 atom stereocenters. The van der Waals surface area contributed by atoms with Crippen LogP contribution < -0.4 is 20.9 Å². The van der Waals surface area contributed by atoms with Gasteiger partial charge < -0.3 is 19.1 Å². The van der Waals surface area contributed by atoms with Crippen molar-refractivity contribution in [1.82, 2.24) is 14.6 Å². The molecule has 4 rings (SSSR count). The Morgan fingerprint density at radius 2 is 1.97 bits per heavy atom. The molecule has 2 unspecified atom stereocenters. The molecule has 1 aliphatic carbocycles. The van der Waals surface area contributed by atoms with Crippen LogP contribution in [-0.4, -0.2) is 50.6 Å². The van der Waals surface area contributed by atoms with Gasteiger partial charge in [0.15, 0.2) is 6.23 Å². The van der Waals surface area contributed by atoms with Crippen molar-refractivity contribution in [3.05, 3.63) is 63.4 Å². The number of H-pyrrole nitrogens is 1. The van der Waals surface area contributed by atoms with Gasteiger partial charge in [0.2, 0.25) is 0 Å². The van der Waals surface area contributed by atoms with Crippen LogP contribution in [0.5, 0.6) is 5.75 Å². The third kappa shape index (κ3) is 5.18. The fraction of sp³-hybridized carbons (Fsp3) is 0.500. The van der Waals surface area contributed by atoms with Crippen molar-refractivity contribution in [2.45, 2.75) is 70.3 Å². The number of aliphatic hydroxyl groups is 1. The third-order valence-electron chi connectivity index (χ3n) is 6.40. The summed E-state index contributed by atoms with van der Waals surface area (Å²) in [5.74, 6) is -0.493. The van der Waals surface area contributed by atoms with Crippen molar-refractivity contribution in [2.24, 2.45) is 5.41 Å². The Bertz CT molecular complexity index is 1400. The molecule has 13 nitrogen and oxygen atoms in total. The number of benzene rings is 1. The highest BCUT2D eigenvalue weighted by molar-refractivity contribution is 7.52. The summed E-state index contributed by atoms with van der Waals surface area (Å²) in [5, 5.41) is 23.7. The Morgan fingerprint density at radius 3 is 2.58 bits per heavy atom. The number of carbonyl (C=O) groups excluding carboxylic acids is 1. The standard InChI is InChI=1S/C24H29N4O9P/c1-14(2)34-19(30)15(3)27-38(33,36-16-8-6-5-7-9-16)37-17-12-24(17)20(31)23(4,13-25)21(35-24)28-11-10-18(29)26-22(28)32/h5-11,14-15,17,20-21,31H,12H2,1-4H3,(H,27,33)(H,26,29,32)/t15-,17?,20-,21+,23+,24-,38?/m0/s1. The average Bonchev–Trinajstić information content (AvgIpc) is 3.48. The highest BCUT2D eigenvalue weighted by Crippen LogP contribution is 2.64. The predicted molar refractivity (Wildman–Crippen MR) is 132 cm³/mol. The van der Waals surface area contributed by atoms with E-state index in [0.29, 0.717) is 0 Å². The molecular weight excluding hydrogens is 519 g/mol. The SMILES string of the molecule is CC(C)OC(=O)[C@H](C)NP(=O)(Oc1ccccc1)OC1C[C@]12O[C@@H](n1ccc(=O)[nH]c1=O)[C@](C)(C#N)[C@@H]2O. The average molecular weight is 548 g/mol. The fourth-order valence-electron chi connectivity index (χ4n) is 4.37. The summed E-state index contributed by atoms with van der Waals surface area (Å²) in [5.41, 5.74) is -4.61. The number of nitrogens with one attached hydrogen (secondary N) is 2. The normalized spacial score (nSPS) is 30.4. The number of nitrogens with zero attached hydrogens (tertiary/aromatic N) is 2. The maximum absolute atomic E-state index is 13.9. The van der Waals surface area contributed by atoms with E-state index in [1.165, 1.54) is 20.0 Å². The first kappa shape index (κ1) is 27.8. The van der Waals surface area contributed by atoms with Gasteiger partial charge in [-0.15, -0.1) is 0 Å². The van der Waals surface area contributed by atoms with Crippen molar-refractivity contribution in [1.29, 1.82) is 5.26 Å². The quantitative estimate of drug-likeness (QED) is 0.306. The van der Waals surface area contributed by atoms with Crippen LogP contribution >= 0.6 is 7.75 Å². The minimum absolute atomic E-state index is 0.00861. The Morgan fingerprint density at radius 1 is 1.29 bits per heavy atom. The van der Waals surface area contributed by atoms with E-state index in [9.17, 15) is 29.3 Å². The van der Waals surface area contributed by atoms with E-state index < -0.39 is 66.6 Å². The lowest BCUT2D eigenvalue weighted by molar-refractivity contribution is -0.149. The summed E-state index contributed by atoms with van der Waals surface area (Å²) in [6, 6.07) is 10.1. The molecule has 2 aromatic rings. The number of aliphatic hydroxyl groups excluding tert-OH is 1. The number of nitriles is 1. The largest absolute Gasteiger partial charge is 0.462 e. The molecule has 204 valence electrons. The van der Waals surface area contributed by atoms with E-state index in [-0.39, 0.29) is 12.2 Å². The molecule has 0 amide bonds. The molecule has 3 N–H and O–H groups in total. The maximum Gasteiger partial charge on any atom is 0.459 e. The fourth-order valence-corrected chi connectivity index (χ4v) is 6.09. The summed E-state index contributed by atoms with van der Waals surface area (Å²) >= 11 is 0. The first-order chi connectivity index (χ1) is 17.8. The summed E-state index contributed by atoms with van der Waals surface area (Å²) in [4.78, 5) is 38.4. The predicted octanol–water partition coefficient (Wildman–Crippen LogP) is 1.60. The number of para-hydroxylation sites is 1. The summed E-state index contributed by atoms with van der Waals surface area (Å²) in [7, 11) is -4.29. The molecule has 1 spiro atoms. The zero-order valence-electron chi connectivity index (χ0n) is 21.2. The zero-order valence-corrected chi connectivity index (χ0v) is 22.1. The third-order valence-corrected chi connectivity index (χ3v) is 8.09. The van der Waals surface area contributed by atoms with Crippen LogP contribution in [0.15, 0.2) is 52.2 Å². The van der Waals surface area contributed by atoms with Crippen LogP contribution in [0.3, 0.4) is 0 Å². The number of hydrogen-bond donors (Lipinski definition) is 3. The van der Waals surface area contributed by atoms with Crippen LogP contribution in [0.1, 0.15) is 40.3 Å². The Labute approximate surface area is 217 Å². The van der Waals surface area contributed by atoms with Crippen molar-refractivity contribution in [3.8, 4) is 11.8 Å². The first-order valence-corrected chi connectivity index (χ1v) is 13.5. The Hall–Kier alpha value is -3.27. The van der Waals surface area contributed by atoms with Gasteiger partial charge in [0.05, 0.1) is 12.2 Å². The minimum atomic E-state index is -4.29. The van der Waals surface area contributed by atoms with Gasteiger partial charge in [0, 0.05) is 18.7 Å². The number of aromatic nitrogens is 2. The monoisotopic (exact) mass is 548 g/mol. The highest BCUT2D eigenvalue weighted by atomic mass is 31.2. The molecule has 0 bridgehead atoms. The molecule has 2 aliphatic rings. The van der Waals surface area contributed by atoms with E-state index in [1.54, 1.807) is 44.2 Å². The van der Waals surface area contributed by atoms with Crippen molar-refractivity contribution >= 4 is 13.7 Å². The van der Waals surface area contributed by atoms with E-state index in [0.717, 1.165) is 10.6 Å². The second kappa shape index (κ2) is 10.1. The molecule has 38 heavy (non-hydrogen) atoms. The summed E-state index contributed by atoms with van der Waals surface area (Å²) in [6.07, 6.45) is -3.03. The van der Waals surface area contributed by atoms with E-state index in [1.807, 2.05) is 6.07 Å². The Kier molecular flexibility index (Phi) is 7.40.